The summed E-state index contributed by atoms with van der Waals surface area (Å²) >= 11 is 2.52. The van der Waals surface area contributed by atoms with E-state index in [0.29, 0.717) is 26.7 Å². The fraction of sp³-hybridized carbons (Fsp3) is 0.0435. The monoisotopic (exact) mass is 490 g/mol. The van der Waals surface area contributed by atoms with Gasteiger partial charge in [0.1, 0.15) is 5.69 Å². The molecule has 5 rings (SSSR count). The summed E-state index contributed by atoms with van der Waals surface area (Å²) in [4.78, 5) is 54.0. The van der Waals surface area contributed by atoms with E-state index in [4.69, 9.17) is 0 Å². The molecule has 1 aliphatic heterocycles. The SMILES string of the molecule is O=C(CSc1nc2ccc(N3C(=O)c4ccccc4C3=O)cc2s1)Nc1ccccc1[N+](=O)[O-]. The van der Waals surface area contributed by atoms with Crippen LogP contribution in [0.3, 0.4) is 0 Å². The zero-order valence-electron chi connectivity index (χ0n) is 17.3. The fourth-order valence-corrected chi connectivity index (χ4v) is 5.47. The second-order valence-electron chi connectivity index (χ2n) is 7.23. The average molecular weight is 491 g/mol. The third-order valence-electron chi connectivity index (χ3n) is 5.11. The standard InChI is InChI=1S/C23H14N4O5S2/c28-20(24-16-7-3-4-8-18(16)27(31)32)12-33-23-25-17-10-9-13(11-19(17)34-23)26-21(29)14-5-1-2-6-15(14)22(26)30/h1-11H,12H2,(H,24,28). The maximum atomic E-state index is 12.7. The third-order valence-corrected chi connectivity index (χ3v) is 7.27. The summed E-state index contributed by atoms with van der Waals surface area (Å²) in [6.07, 6.45) is 0. The normalized spacial score (nSPS) is 12.8. The van der Waals surface area contributed by atoms with Gasteiger partial charge in [-0.25, -0.2) is 9.88 Å². The molecule has 9 nitrogen and oxygen atoms in total. The topological polar surface area (TPSA) is 123 Å². The molecule has 0 fully saturated rings. The number of hydrogen-bond acceptors (Lipinski definition) is 8. The molecule has 3 aromatic carbocycles. The number of nitro groups is 1. The van der Waals surface area contributed by atoms with Crippen LogP contribution < -0.4 is 10.2 Å². The number of hydrogen-bond donors (Lipinski definition) is 1. The molecule has 0 spiro atoms. The van der Waals surface area contributed by atoms with Crippen molar-refractivity contribution in [3.8, 4) is 0 Å². The molecule has 0 atom stereocenters. The summed E-state index contributed by atoms with van der Waals surface area (Å²) in [5.41, 5.74) is 1.82. The first-order valence-electron chi connectivity index (χ1n) is 9.97. The molecule has 4 aromatic rings. The first-order chi connectivity index (χ1) is 16.4. The van der Waals surface area contributed by atoms with Gasteiger partial charge in [0.15, 0.2) is 4.34 Å². The minimum Gasteiger partial charge on any atom is -0.320 e. The van der Waals surface area contributed by atoms with Crippen molar-refractivity contribution in [3.05, 3.63) is 88.0 Å². The minimum absolute atomic E-state index is 0.0110. The van der Waals surface area contributed by atoms with Crippen LogP contribution in [0.25, 0.3) is 10.2 Å². The van der Waals surface area contributed by atoms with E-state index in [1.807, 2.05) is 0 Å². The third kappa shape index (κ3) is 3.91. The molecular formula is C23H14N4O5S2. The smallest absolute Gasteiger partial charge is 0.292 e. The molecule has 34 heavy (non-hydrogen) atoms. The lowest BCUT2D eigenvalue weighted by Gasteiger charge is -2.13. The Labute approximate surface area is 200 Å². The van der Waals surface area contributed by atoms with Gasteiger partial charge in [0.05, 0.1) is 37.7 Å². The molecule has 0 saturated carbocycles. The van der Waals surface area contributed by atoms with Crippen molar-refractivity contribution in [2.24, 2.45) is 0 Å². The van der Waals surface area contributed by atoms with Crippen molar-refractivity contribution in [2.45, 2.75) is 4.34 Å². The first-order valence-corrected chi connectivity index (χ1v) is 11.8. The number of thiazole rings is 1. The Morgan fingerprint density at radius 3 is 2.41 bits per heavy atom. The van der Waals surface area contributed by atoms with E-state index in [0.717, 1.165) is 9.60 Å². The Kier molecular flexibility index (Phi) is 5.56. The summed E-state index contributed by atoms with van der Waals surface area (Å²) in [6.45, 7) is 0. The first kappa shape index (κ1) is 21.7. The Morgan fingerprint density at radius 1 is 1.03 bits per heavy atom. The number of anilines is 2. The largest absolute Gasteiger partial charge is 0.320 e. The van der Waals surface area contributed by atoms with E-state index in [1.54, 1.807) is 48.5 Å². The molecule has 3 amide bonds. The van der Waals surface area contributed by atoms with Crippen LogP contribution in [0.15, 0.2) is 71.1 Å². The van der Waals surface area contributed by atoms with E-state index >= 15 is 0 Å². The van der Waals surface area contributed by atoms with Crippen LogP contribution >= 0.6 is 23.1 Å². The Bertz CT molecular complexity index is 1460. The number of thioether (sulfide) groups is 1. The number of nitrogens with one attached hydrogen (secondary N) is 1. The van der Waals surface area contributed by atoms with Gasteiger partial charge in [0.25, 0.3) is 17.5 Å². The van der Waals surface area contributed by atoms with Gasteiger partial charge in [-0.1, -0.05) is 36.0 Å². The number of aromatic nitrogens is 1. The van der Waals surface area contributed by atoms with Crippen molar-refractivity contribution < 1.29 is 19.3 Å². The highest BCUT2D eigenvalue weighted by molar-refractivity contribution is 8.01. The predicted molar refractivity (Wildman–Crippen MR) is 130 cm³/mol. The number of benzene rings is 3. The second-order valence-corrected chi connectivity index (χ2v) is 9.49. The van der Waals surface area contributed by atoms with E-state index < -0.39 is 10.8 Å². The molecule has 2 heterocycles. The number of nitro benzene ring substituents is 1. The van der Waals surface area contributed by atoms with Crippen molar-refractivity contribution in [3.63, 3.8) is 0 Å². The summed E-state index contributed by atoms with van der Waals surface area (Å²) in [6, 6.07) is 17.7. The van der Waals surface area contributed by atoms with Crippen LogP contribution in [0.2, 0.25) is 0 Å². The lowest BCUT2D eigenvalue weighted by Crippen LogP contribution is -2.29. The Hall–Kier alpha value is -4.09. The molecule has 0 unspecified atom stereocenters. The van der Waals surface area contributed by atoms with Gasteiger partial charge < -0.3 is 5.32 Å². The van der Waals surface area contributed by atoms with Gasteiger partial charge in [0, 0.05) is 6.07 Å². The highest BCUT2D eigenvalue weighted by Crippen LogP contribution is 2.35. The van der Waals surface area contributed by atoms with Gasteiger partial charge in [-0.2, -0.15) is 0 Å². The predicted octanol–water partition coefficient (Wildman–Crippen LogP) is 4.74. The Morgan fingerprint density at radius 2 is 1.71 bits per heavy atom. The fourth-order valence-electron chi connectivity index (χ4n) is 3.57. The summed E-state index contributed by atoms with van der Waals surface area (Å²) in [5, 5.41) is 13.7. The Balaban J connectivity index is 1.30. The van der Waals surface area contributed by atoms with Crippen LogP contribution in [0.5, 0.6) is 0 Å². The van der Waals surface area contributed by atoms with Crippen molar-refractivity contribution >= 4 is 68.1 Å². The number of carbonyl (C=O) groups is 3. The highest BCUT2D eigenvalue weighted by Gasteiger charge is 2.36. The van der Waals surface area contributed by atoms with Gasteiger partial charge in [0.2, 0.25) is 5.91 Å². The highest BCUT2D eigenvalue weighted by atomic mass is 32.2. The minimum atomic E-state index is -0.553. The second kappa shape index (κ2) is 8.69. The summed E-state index contributed by atoms with van der Waals surface area (Å²) in [5.74, 6) is -1.13. The van der Waals surface area contributed by atoms with E-state index in [9.17, 15) is 24.5 Å². The van der Waals surface area contributed by atoms with Crippen molar-refractivity contribution in [1.29, 1.82) is 0 Å². The molecule has 0 aliphatic carbocycles. The van der Waals surface area contributed by atoms with Gasteiger partial charge in [-0.3, -0.25) is 24.5 Å². The lowest BCUT2D eigenvalue weighted by atomic mass is 10.1. The number of nitrogens with zero attached hydrogens (tertiary/aromatic N) is 3. The number of fused-ring (bicyclic) bond motifs is 2. The molecule has 0 saturated heterocycles. The zero-order chi connectivity index (χ0) is 23.8. The molecule has 11 heteroatoms. The van der Waals surface area contributed by atoms with E-state index in [1.165, 1.54) is 41.3 Å². The number of imide groups is 1. The van der Waals surface area contributed by atoms with Crippen LogP contribution in [0.1, 0.15) is 20.7 Å². The summed E-state index contributed by atoms with van der Waals surface area (Å²) in [7, 11) is 0. The van der Waals surface area contributed by atoms with Crippen molar-refractivity contribution in [1.82, 2.24) is 4.98 Å². The van der Waals surface area contributed by atoms with E-state index in [-0.39, 0.29) is 28.9 Å². The molecule has 1 aliphatic rings. The molecule has 0 radical (unpaired) electrons. The van der Waals surface area contributed by atoms with Gasteiger partial charge in [-0.05, 0) is 36.4 Å². The number of amides is 3. The van der Waals surface area contributed by atoms with Crippen LogP contribution in [0.4, 0.5) is 17.1 Å². The summed E-state index contributed by atoms with van der Waals surface area (Å²) < 4.78 is 1.38. The molecule has 168 valence electrons. The molecular weight excluding hydrogens is 476 g/mol. The number of carbonyl (C=O) groups excluding carboxylic acids is 3. The molecule has 1 N–H and O–H groups in total. The van der Waals surface area contributed by atoms with Gasteiger partial charge >= 0.3 is 0 Å². The number of rotatable bonds is 6. The molecule has 0 bridgehead atoms. The number of para-hydroxylation sites is 2. The quantitative estimate of drug-likeness (QED) is 0.179. The van der Waals surface area contributed by atoms with Gasteiger partial charge in [-0.15, -0.1) is 11.3 Å². The average Bonchev–Trinajstić information content (AvgIpc) is 3.36. The van der Waals surface area contributed by atoms with Crippen LogP contribution in [0, 0.1) is 10.1 Å². The van der Waals surface area contributed by atoms with Crippen LogP contribution in [-0.2, 0) is 4.79 Å². The van der Waals surface area contributed by atoms with Crippen molar-refractivity contribution in [2.75, 3.05) is 16.0 Å². The zero-order valence-corrected chi connectivity index (χ0v) is 18.9. The van der Waals surface area contributed by atoms with Crippen LogP contribution in [-0.4, -0.2) is 33.4 Å². The maximum Gasteiger partial charge on any atom is 0.292 e. The lowest BCUT2D eigenvalue weighted by molar-refractivity contribution is -0.383. The molecule has 1 aromatic heterocycles. The van der Waals surface area contributed by atoms with E-state index in [2.05, 4.69) is 10.3 Å². The maximum absolute atomic E-state index is 12.7.